The first-order chi connectivity index (χ1) is 11.1. The molecule has 0 aromatic carbocycles. The highest BCUT2D eigenvalue weighted by molar-refractivity contribution is 5.85. The smallest absolute Gasteiger partial charge is 0.234 e. The SMILES string of the molecule is CCC(CC)(CN)NC(=O)CN1CCN(c2ccccn2)CC1.Cl.Cl. The van der Waals surface area contributed by atoms with Gasteiger partial charge in [0.2, 0.25) is 5.91 Å². The summed E-state index contributed by atoms with van der Waals surface area (Å²) in [7, 11) is 0. The summed E-state index contributed by atoms with van der Waals surface area (Å²) < 4.78 is 0. The molecule has 6 nitrogen and oxygen atoms in total. The molecule has 0 aliphatic carbocycles. The molecule has 1 aromatic rings. The number of hydrogen-bond acceptors (Lipinski definition) is 5. The third-order valence-electron chi connectivity index (χ3n) is 4.86. The summed E-state index contributed by atoms with van der Waals surface area (Å²) >= 11 is 0. The van der Waals surface area contributed by atoms with E-state index in [1.807, 2.05) is 24.4 Å². The van der Waals surface area contributed by atoms with Crippen LogP contribution in [-0.2, 0) is 4.79 Å². The van der Waals surface area contributed by atoms with Crippen LogP contribution < -0.4 is 16.0 Å². The Hall–Kier alpha value is -1.08. The van der Waals surface area contributed by atoms with Crippen LogP contribution in [0.1, 0.15) is 26.7 Å². The molecule has 1 saturated heterocycles. The topological polar surface area (TPSA) is 74.5 Å². The minimum absolute atomic E-state index is 0. The molecule has 144 valence electrons. The Bertz CT molecular complexity index is 483. The molecular weight excluding hydrogens is 361 g/mol. The van der Waals surface area contributed by atoms with Crippen LogP contribution in [0.3, 0.4) is 0 Å². The monoisotopic (exact) mass is 391 g/mol. The fraction of sp³-hybridized carbons (Fsp3) is 0.647. The zero-order chi connectivity index (χ0) is 16.7. The van der Waals surface area contributed by atoms with Gasteiger partial charge in [0.25, 0.3) is 0 Å². The average molecular weight is 392 g/mol. The number of nitrogens with two attached hydrogens (primary N) is 1. The van der Waals surface area contributed by atoms with E-state index in [9.17, 15) is 4.79 Å². The van der Waals surface area contributed by atoms with E-state index in [4.69, 9.17) is 5.73 Å². The van der Waals surface area contributed by atoms with Crippen LogP contribution in [0.2, 0.25) is 0 Å². The van der Waals surface area contributed by atoms with E-state index >= 15 is 0 Å². The molecule has 2 rings (SSSR count). The lowest BCUT2D eigenvalue weighted by atomic mass is 9.93. The maximum Gasteiger partial charge on any atom is 0.234 e. The van der Waals surface area contributed by atoms with E-state index in [1.165, 1.54) is 0 Å². The minimum Gasteiger partial charge on any atom is -0.354 e. The van der Waals surface area contributed by atoms with Gasteiger partial charge in [0.1, 0.15) is 5.82 Å². The summed E-state index contributed by atoms with van der Waals surface area (Å²) in [5, 5.41) is 3.14. The van der Waals surface area contributed by atoms with E-state index in [1.54, 1.807) is 0 Å². The highest BCUT2D eigenvalue weighted by Gasteiger charge is 2.27. The number of rotatable bonds is 7. The van der Waals surface area contributed by atoms with E-state index in [0.29, 0.717) is 13.1 Å². The van der Waals surface area contributed by atoms with E-state index in [2.05, 4.69) is 33.9 Å². The Morgan fingerprint density at radius 1 is 1.20 bits per heavy atom. The fourth-order valence-electron chi connectivity index (χ4n) is 2.98. The largest absolute Gasteiger partial charge is 0.354 e. The molecule has 25 heavy (non-hydrogen) atoms. The summed E-state index contributed by atoms with van der Waals surface area (Å²) in [6.07, 6.45) is 3.54. The first-order valence-electron chi connectivity index (χ1n) is 8.52. The number of carbonyl (C=O) groups is 1. The molecule has 0 saturated carbocycles. The molecule has 1 aliphatic rings. The number of anilines is 1. The molecule has 0 radical (unpaired) electrons. The second kappa shape index (κ2) is 11.5. The number of pyridine rings is 1. The zero-order valence-electron chi connectivity index (χ0n) is 15.1. The maximum atomic E-state index is 12.3. The molecule has 0 bridgehead atoms. The summed E-state index contributed by atoms with van der Waals surface area (Å²) in [6.45, 7) is 8.61. The van der Waals surface area contributed by atoms with Crippen LogP contribution in [0, 0.1) is 0 Å². The molecule has 1 aliphatic heterocycles. The number of amides is 1. The second-order valence-corrected chi connectivity index (χ2v) is 6.19. The Morgan fingerprint density at radius 2 is 1.84 bits per heavy atom. The molecule has 3 N–H and O–H groups in total. The van der Waals surface area contributed by atoms with Crippen molar-refractivity contribution in [2.75, 3.05) is 44.2 Å². The van der Waals surface area contributed by atoms with Gasteiger partial charge in [-0.25, -0.2) is 4.98 Å². The minimum atomic E-state index is -0.257. The highest BCUT2D eigenvalue weighted by Crippen LogP contribution is 2.14. The van der Waals surface area contributed by atoms with Gasteiger partial charge in [0.05, 0.1) is 12.1 Å². The summed E-state index contributed by atoms with van der Waals surface area (Å²) in [6, 6.07) is 5.96. The molecule has 8 heteroatoms. The number of nitrogens with zero attached hydrogens (tertiary/aromatic N) is 3. The summed E-state index contributed by atoms with van der Waals surface area (Å²) in [5.41, 5.74) is 5.59. The van der Waals surface area contributed by atoms with Crippen molar-refractivity contribution in [1.82, 2.24) is 15.2 Å². The first-order valence-corrected chi connectivity index (χ1v) is 8.52. The van der Waals surface area contributed by atoms with Crippen molar-refractivity contribution in [3.8, 4) is 0 Å². The van der Waals surface area contributed by atoms with Gasteiger partial charge < -0.3 is 16.0 Å². The number of aromatic nitrogens is 1. The van der Waals surface area contributed by atoms with E-state index in [0.717, 1.165) is 44.8 Å². The van der Waals surface area contributed by atoms with Crippen molar-refractivity contribution < 1.29 is 4.79 Å². The predicted molar refractivity (Wildman–Crippen MR) is 108 cm³/mol. The Labute approximate surface area is 163 Å². The van der Waals surface area contributed by atoms with Crippen LogP contribution in [0.15, 0.2) is 24.4 Å². The number of hydrogen-bond donors (Lipinski definition) is 2. The van der Waals surface area contributed by atoms with Gasteiger partial charge in [-0.15, -0.1) is 24.8 Å². The lowest BCUT2D eigenvalue weighted by Gasteiger charge is -2.36. The number of carbonyl (C=O) groups excluding carboxylic acids is 1. The molecule has 1 amide bonds. The molecule has 1 fully saturated rings. The molecular formula is C17H31Cl2N5O. The van der Waals surface area contributed by atoms with E-state index in [-0.39, 0.29) is 36.3 Å². The third kappa shape index (κ3) is 6.62. The summed E-state index contributed by atoms with van der Waals surface area (Å²) in [4.78, 5) is 21.2. The maximum absolute atomic E-state index is 12.3. The van der Waals surface area contributed by atoms with Gasteiger partial charge in [-0.05, 0) is 25.0 Å². The molecule has 1 aromatic heterocycles. The van der Waals surface area contributed by atoms with Crippen LogP contribution in [0.25, 0.3) is 0 Å². The Kier molecular flexibility index (Phi) is 11.0. The van der Waals surface area contributed by atoms with Crippen LogP contribution in [0.4, 0.5) is 5.82 Å². The fourth-order valence-corrected chi connectivity index (χ4v) is 2.98. The van der Waals surface area contributed by atoms with Gasteiger partial charge >= 0.3 is 0 Å². The second-order valence-electron chi connectivity index (χ2n) is 6.19. The van der Waals surface area contributed by atoms with Crippen molar-refractivity contribution in [1.29, 1.82) is 0 Å². The predicted octanol–water partition coefficient (Wildman–Crippen LogP) is 1.68. The standard InChI is InChI=1S/C17H29N5O.2ClH/c1-3-17(4-2,14-18)20-16(23)13-21-9-11-22(12-10-21)15-7-5-6-8-19-15;;/h5-8H,3-4,9-14,18H2,1-2H3,(H,20,23);2*1H. The molecule has 0 spiro atoms. The van der Waals surface area contributed by atoms with Crippen molar-refractivity contribution >= 4 is 36.5 Å². The molecule has 2 heterocycles. The third-order valence-corrected chi connectivity index (χ3v) is 4.86. The van der Waals surface area contributed by atoms with Gasteiger partial charge in [-0.1, -0.05) is 19.9 Å². The highest BCUT2D eigenvalue weighted by atomic mass is 35.5. The Balaban J connectivity index is 0.00000288. The first kappa shape index (κ1) is 23.9. The quantitative estimate of drug-likeness (QED) is 0.739. The van der Waals surface area contributed by atoms with Crippen molar-refractivity contribution in [2.45, 2.75) is 32.2 Å². The normalized spacial score (nSPS) is 15.1. The Morgan fingerprint density at radius 3 is 2.32 bits per heavy atom. The number of piperazine rings is 1. The summed E-state index contributed by atoms with van der Waals surface area (Å²) in [5.74, 6) is 1.08. The number of halogens is 2. The van der Waals surface area contributed by atoms with Crippen LogP contribution >= 0.6 is 24.8 Å². The van der Waals surface area contributed by atoms with Crippen LogP contribution in [0.5, 0.6) is 0 Å². The molecule has 0 atom stereocenters. The van der Waals surface area contributed by atoms with Gasteiger partial charge in [-0.3, -0.25) is 9.69 Å². The van der Waals surface area contributed by atoms with Gasteiger partial charge in [0.15, 0.2) is 0 Å². The van der Waals surface area contributed by atoms with Crippen LogP contribution in [-0.4, -0.2) is 60.6 Å². The van der Waals surface area contributed by atoms with Crippen molar-refractivity contribution in [3.63, 3.8) is 0 Å². The molecule has 0 unspecified atom stereocenters. The lowest BCUT2D eigenvalue weighted by molar-refractivity contribution is -0.124. The van der Waals surface area contributed by atoms with Gasteiger partial charge in [-0.2, -0.15) is 0 Å². The van der Waals surface area contributed by atoms with E-state index < -0.39 is 0 Å². The van der Waals surface area contributed by atoms with Crippen molar-refractivity contribution in [3.05, 3.63) is 24.4 Å². The van der Waals surface area contributed by atoms with Crippen molar-refractivity contribution in [2.24, 2.45) is 5.73 Å². The average Bonchev–Trinajstić information content (AvgIpc) is 2.61. The zero-order valence-corrected chi connectivity index (χ0v) is 16.7. The lowest BCUT2D eigenvalue weighted by Crippen LogP contribution is -2.56. The van der Waals surface area contributed by atoms with Gasteiger partial charge in [0, 0.05) is 38.9 Å². The number of nitrogens with one attached hydrogen (secondary N) is 1.